The maximum atomic E-state index is 7.01. The predicted molar refractivity (Wildman–Crippen MR) is 27.5 cm³/mol. The maximum absolute atomic E-state index is 7.01. The number of hydrogen-bond acceptors (Lipinski definition) is 2. The lowest BCUT2D eigenvalue weighted by Crippen LogP contribution is -2.42. The van der Waals surface area contributed by atoms with Crippen LogP contribution in [0.3, 0.4) is 0 Å². The molecule has 1 heterocycles. The summed E-state index contributed by atoms with van der Waals surface area (Å²) in [5.41, 5.74) is 0.0417. The van der Waals surface area contributed by atoms with Crippen LogP contribution >= 0.6 is 0 Å². The number of rotatable bonds is 0. The van der Waals surface area contributed by atoms with Crippen LogP contribution in [0, 0.1) is 10.8 Å². The van der Waals surface area contributed by atoms with Crippen LogP contribution in [0.15, 0.2) is 0 Å². The number of nitrogens with one attached hydrogen (secondary N) is 1. The van der Waals surface area contributed by atoms with Gasteiger partial charge >= 0.3 is 0 Å². The highest BCUT2D eigenvalue weighted by atomic mass is 16.5. The molecule has 0 saturated carbocycles. The first-order valence-electron chi connectivity index (χ1n) is 2.35. The lowest BCUT2D eigenvalue weighted by Gasteiger charge is -2.34. The zero-order valence-corrected chi connectivity index (χ0v) is 4.62. The van der Waals surface area contributed by atoms with Gasteiger partial charge in [-0.05, 0) is 13.8 Å². The molecule has 0 spiro atoms. The minimum atomic E-state index is 0.0417. The monoisotopic (exact) mass is 99.1 g/mol. The second-order valence-corrected chi connectivity index (χ2v) is 2.50. The van der Waals surface area contributed by atoms with E-state index in [1.165, 1.54) is 0 Å². The van der Waals surface area contributed by atoms with Crippen LogP contribution in [-0.2, 0) is 4.74 Å². The maximum Gasteiger partial charge on any atom is 0.189 e. The molecule has 1 aliphatic heterocycles. The Morgan fingerprint density at radius 2 is 2.14 bits per heavy atom. The van der Waals surface area contributed by atoms with E-state index < -0.39 is 0 Å². The van der Waals surface area contributed by atoms with Gasteiger partial charge in [0.2, 0.25) is 0 Å². The number of ether oxygens (including phenoxy) is 1. The molecule has 0 amide bonds. The summed E-state index contributed by atoms with van der Waals surface area (Å²) < 4.78 is 4.73. The van der Waals surface area contributed by atoms with Gasteiger partial charge in [-0.15, -0.1) is 0 Å². The van der Waals surface area contributed by atoms with E-state index in [0.29, 0.717) is 12.5 Å². The van der Waals surface area contributed by atoms with Crippen molar-refractivity contribution in [2.45, 2.75) is 13.8 Å². The van der Waals surface area contributed by atoms with Crippen molar-refractivity contribution in [1.29, 1.82) is 5.41 Å². The van der Waals surface area contributed by atoms with Crippen LogP contribution in [-0.4, -0.2) is 12.5 Å². The fourth-order valence-corrected chi connectivity index (χ4v) is 0.433. The van der Waals surface area contributed by atoms with Crippen molar-refractivity contribution >= 4 is 5.90 Å². The summed E-state index contributed by atoms with van der Waals surface area (Å²) in [6.45, 7) is 4.71. The molecule has 1 N–H and O–H groups in total. The molecule has 0 aromatic heterocycles. The van der Waals surface area contributed by atoms with Crippen LogP contribution in [0.2, 0.25) is 0 Å². The first kappa shape index (κ1) is 4.62. The molecule has 1 rings (SSSR count). The van der Waals surface area contributed by atoms with E-state index in [1.54, 1.807) is 0 Å². The molecule has 0 aliphatic carbocycles. The Morgan fingerprint density at radius 3 is 2.14 bits per heavy atom. The minimum absolute atomic E-state index is 0.0417. The largest absolute Gasteiger partial charge is 0.480 e. The van der Waals surface area contributed by atoms with E-state index in [-0.39, 0.29) is 5.41 Å². The molecule has 1 fully saturated rings. The smallest absolute Gasteiger partial charge is 0.189 e. The van der Waals surface area contributed by atoms with E-state index in [9.17, 15) is 0 Å². The van der Waals surface area contributed by atoms with E-state index in [0.717, 1.165) is 0 Å². The summed E-state index contributed by atoms with van der Waals surface area (Å²) in [7, 11) is 0. The average molecular weight is 99.1 g/mol. The topological polar surface area (TPSA) is 33.1 Å². The second-order valence-electron chi connectivity index (χ2n) is 2.50. The van der Waals surface area contributed by atoms with Crippen LogP contribution in [0.25, 0.3) is 0 Å². The fourth-order valence-electron chi connectivity index (χ4n) is 0.433. The highest BCUT2D eigenvalue weighted by Crippen LogP contribution is 2.26. The first-order valence-corrected chi connectivity index (χ1v) is 2.35. The minimum Gasteiger partial charge on any atom is -0.480 e. The van der Waals surface area contributed by atoms with Crippen molar-refractivity contribution in [1.82, 2.24) is 0 Å². The van der Waals surface area contributed by atoms with Crippen molar-refractivity contribution in [3.63, 3.8) is 0 Å². The summed E-state index contributed by atoms with van der Waals surface area (Å²) in [4.78, 5) is 0. The van der Waals surface area contributed by atoms with Gasteiger partial charge < -0.3 is 4.74 Å². The zero-order chi connectivity index (χ0) is 5.49. The summed E-state index contributed by atoms with van der Waals surface area (Å²) in [6.07, 6.45) is 0. The van der Waals surface area contributed by atoms with E-state index >= 15 is 0 Å². The molecule has 0 aromatic carbocycles. The van der Waals surface area contributed by atoms with Gasteiger partial charge in [-0.3, -0.25) is 5.41 Å². The predicted octanol–water partition coefficient (Wildman–Crippen LogP) is 1.02. The quantitative estimate of drug-likeness (QED) is 0.483. The van der Waals surface area contributed by atoms with Gasteiger partial charge in [-0.25, -0.2) is 0 Å². The molecular weight excluding hydrogens is 90.1 g/mol. The van der Waals surface area contributed by atoms with E-state index in [1.807, 2.05) is 13.8 Å². The molecule has 0 unspecified atom stereocenters. The molecular formula is C5H9NO. The van der Waals surface area contributed by atoms with Crippen LogP contribution in [0.4, 0.5) is 0 Å². The fraction of sp³-hybridized carbons (Fsp3) is 0.800. The second kappa shape index (κ2) is 0.997. The van der Waals surface area contributed by atoms with Crippen LogP contribution in [0.1, 0.15) is 13.8 Å². The highest BCUT2D eigenvalue weighted by Gasteiger charge is 2.35. The molecule has 7 heavy (non-hydrogen) atoms. The molecule has 2 nitrogen and oxygen atoms in total. The van der Waals surface area contributed by atoms with Gasteiger partial charge in [-0.2, -0.15) is 0 Å². The Balaban J connectivity index is 2.59. The van der Waals surface area contributed by atoms with E-state index in [2.05, 4.69) is 0 Å². The van der Waals surface area contributed by atoms with Gasteiger partial charge in [-0.1, -0.05) is 0 Å². The van der Waals surface area contributed by atoms with Crippen molar-refractivity contribution < 1.29 is 4.74 Å². The Morgan fingerprint density at radius 1 is 1.71 bits per heavy atom. The molecule has 1 saturated heterocycles. The SMILES string of the molecule is CC1(C)COC1=N. The third-order valence-electron chi connectivity index (χ3n) is 1.19. The molecule has 0 aromatic rings. The van der Waals surface area contributed by atoms with Crippen molar-refractivity contribution in [2.75, 3.05) is 6.61 Å². The van der Waals surface area contributed by atoms with Crippen LogP contribution in [0.5, 0.6) is 0 Å². The lowest BCUT2D eigenvalue weighted by atomic mass is 9.90. The van der Waals surface area contributed by atoms with Crippen molar-refractivity contribution in [3.8, 4) is 0 Å². The van der Waals surface area contributed by atoms with Gasteiger partial charge in [0, 0.05) is 0 Å². The Bertz CT molecular complexity index is 107. The Kier molecular flexibility index (Phi) is 0.659. The summed E-state index contributed by atoms with van der Waals surface area (Å²) in [5.74, 6) is 0.424. The summed E-state index contributed by atoms with van der Waals surface area (Å²) in [5, 5.41) is 7.01. The molecule has 2 heteroatoms. The summed E-state index contributed by atoms with van der Waals surface area (Å²) in [6, 6.07) is 0. The Labute approximate surface area is 43.0 Å². The number of hydrogen-bond donors (Lipinski definition) is 1. The highest BCUT2D eigenvalue weighted by molar-refractivity contribution is 5.83. The molecule has 1 aliphatic rings. The van der Waals surface area contributed by atoms with Crippen molar-refractivity contribution in [3.05, 3.63) is 0 Å². The standard InChI is InChI=1S/C5H9NO/c1-5(2)3-7-4(5)6/h6H,3H2,1-2H3. The molecule has 0 atom stereocenters. The average Bonchev–Trinajstić information content (AvgIpc) is 1.63. The van der Waals surface area contributed by atoms with Gasteiger partial charge in [0.05, 0.1) is 5.41 Å². The first-order chi connectivity index (χ1) is 3.13. The van der Waals surface area contributed by atoms with Gasteiger partial charge in [0.15, 0.2) is 5.90 Å². The van der Waals surface area contributed by atoms with Crippen LogP contribution < -0.4 is 0 Å². The molecule has 40 valence electrons. The van der Waals surface area contributed by atoms with E-state index in [4.69, 9.17) is 10.1 Å². The normalized spacial score (nSPS) is 25.7. The van der Waals surface area contributed by atoms with Gasteiger partial charge in [0.1, 0.15) is 6.61 Å². The summed E-state index contributed by atoms with van der Waals surface area (Å²) >= 11 is 0. The van der Waals surface area contributed by atoms with Crippen molar-refractivity contribution in [2.24, 2.45) is 5.41 Å². The lowest BCUT2D eigenvalue weighted by molar-refractivity contribution is 0.102. The third-order valence-corrected chi connectivity index (χ3v) is 1.19. The molecule has 0 radical (unpaired) electrons. The molecule has 0 bridgehead atoms. The Hall–Kier alpha value is -0.530. The zero-order valence-electron chi connectivity index (χ0n) is 4.62. The van der Waals surface area contributed by atoms with Gasteiger partial charge in [0.25, 0.3) is 0 Å². The third kappa shape index (κ3) is 0.501.